The third-order valence-corrected chi connectivity index (χ3v) is 7.11. The van der Waals surface area contributed by atoms with Gasteiger partial charge < -0.3 is 24.1 Å². The summed E-state index contributed by atoms with van der Waals surface area (Å²) in [6, 6.07) is 5.36. The number of carbonyl (C=O) groups excluding carboxylic acids is 2. The van der Waals surface area contributed by atoms with E-state index in [0.717, 1.165) is 12.1 Å². The molecule has 0 atom stereocenters. The molecule has 1 fully saturated rings. The Bertz CT molecular complexity index is 1160. The number of hydrogen-bond donors (Lipinski definition) is 1. The number of rotatable bonds is 9. The van der Waals surface area contributed by atoms with Gasteiger partial charge in [0.25, 0.3) is 17.5 Å². The number of methoxy groups -OCH3 is 2. The summed E-state index contributed by atoms with van der Waals surface area (Å²) >= 11 is 0. The van der Waals surface area contributed by atoms with Gasteiger partial charge in [0.15, 0.2) is 17.3 Å². The lowest BCUT2D eigenvalue weighted by molar-refractivity contribution is -0.385. The third kappa shape index (κ3) is 5.46. The first-order chi connectivity index (χ1) is 16.2. The Labute approximate surface area is 195 Å². The van der Waals surface area contributed by atoms with Gasteiger partial charge in [0.05, 0.1) is 37.2 Å². The van der Waals surface area contributed by atoms with Crippen LogP contribution in [-0.4, -0.2) is 87.1 Å². The number of nitrogens with one attached hydrogen (secondary N) is 1. The molecule has 1 N–H and O–H groups in total. The van der Waals surface area contributed by atoms with Crippen molar-refractivity contribution in [3.8, 4) is 11.5 Å². The molecule has 0 saturated carbocycles. The van der Waals surface area contributed by atoms with Crippen molar-refractivity contribution in [3.63, 3.8) is 0 Å². The van der Waals surface area contributed by atoms with E-state index < -0.39 is 32.3 Å². The van der Waals surface area contributed by atoms with E-state index in [2.05, 4.69) is 5.32 Å². The van der Waals surface area contributed by atoms with E-state index in [1.54, 1.807) is 6.07 Å². The second kappa shape index (κ2) is 10.5. The number of furan rings is 1. The third-order valence-electron chi connectivity index (χ3n) is 5.24. The number of benzene rings is 1. The van der Waals surface area contributed by atoms with Gasteiger partial charge in [-0.2, -0.15) is 4.31 Å². The number of hydrogen-bond acceptors (Lipinski definition) is 9. The molecule has 0 aliphatic carbocycles. The van der Waals surface area contributed by atoms with E-state index in [4.69, 9.17) is 13.9 Å². The second-order valence-corrected chi connectivity index (χ2v) is 9.31. The highest BCUT2D eigenvalue weighted by Gasteiger charge is 2.30. The average molecular weight is 496 g/mol. The molecule has 13 nitrogen and oxygen atoms in total. The van der Waals surface area contributed by atoms with Crippen molar-refractivity contribution in [2.24, 2.45) is 0 Å². The van der Waals surface area contributed by atoms with Crippen LogP contribution in [-0.2, 0) is 10.0 Å². The number of nitrogens with zero attached hydrogens (tertiary/aromatic N) is 3. The smallest absolute Gasteiger partial charge is 0.289 e. The Kier molecular flexibility index (Phi) is 7.73. The Morgan fingerprint density at radius 1 is 1.15 bits per heavy atom. The fraction of sp³-hybridized carbons (Fsp3) is 0.400. The summed E-state index contributed by atoms with van der Waals surface area (Å²) in [6.45, 7) is 0.331. The van der Waals surface area contributed by atoms with E-state index in [9.17, 15) is 28.1 Å². The predicted octanol–water partition coefficient (Wildman–Crippen LogP) is 0.723. The van der Waals surface area contributed by atoms with Crippen molar-refractivity contribution in [2.45, 2.75) is 0 Å². The van der Waals surface area contributed by atoms with Crippen LogP contribution in [0, 0.1) is 10.1 Å². The monoisotopic (exact) mass is 496 g/mol. The second-order valence-electron chi connectivity index (χ2n) is 7.22. The molecule has 3 rings (SSSR count). The molecule has 1 aliphatic heterocycles. The number of amides is 2. The topological polar surface area (TPSA) is 162 Å². The highest BCUT2D eigenvalue weighted by atomic mass is 32.2. The molecule has 1 aromatic carbocycles. The molecule has 2 heterocycles. The van der Waals surface area contributed by atoms with Gasteiger partial charge in [-0.25, -0.2) is 8.42 Å². The SMILES string of the molecule is COc1cc(C(=O)NCCS(=O)(=O)N2CCN(C(=O)c3ccco3)CC2)c([N+](=O)[O-])cc1OC. The Hall–Kier alpha value is -3.65. The molecule has 2 amide bonds. The molecular weight excluding hydrogens is 472 g/mol. The number of nitro groups is 1. The zero-order valence-electron chi connectivity index (χ0n) is 18.6. The minimum Gasteiger partial charge on any atom is -0.493 e. The van der Waals surface area contributed by atoms with Crippen molar-refractivity contribution in [1.82, 2.24) is 14.5 Å². The lowest BCUT2D eigenvalue weighted by Crippen LogP contribution is -2.51. The number of nitro benzene ring substituents is 1. The van der Waals surface area contributed by atoms with E-state index in [1.165, 1.54) is 35.8 Å². The first-order valence-corrected chi connectivity index (χ1v) is 11.8. The Balaban J connectivity index is 1.58. The van der Waals surface area contributed by atoms with E-state index in [-0.39, 0.29) is 61.5 Å². The van der Waals surface area contributed by atoms with Gasteiger partial charge in [0.1, 0.15) is 5.56 Å². The zero-order chi connectivity index (χ0) is 24.9. The highest BCUT2D eigenvalue weighted by molar-refractivity contribution is 7.89. The zero-order valence-corrected chi connectivity index (χ0v) is 19.4. The summed E-state index contributed by atoms with van der Waals surface area (Å²) in [4.78, 5) is 37.0. The first kappa shape index (κ1) is 25.0. The summed E-state index contributed by atoms with van der Waals surface area (Å²) in [5.41, 5.74) is -0.791. The van der Waals surface area contributed by atoms with Gasteiger partial charge in [0, 0.05) is 38.8 Å². The predicted molar refractivity (Wildman–Crippen MR) is 119 cm³/mol. The fourth-order valence-corrected chi connectivity index (χ4v) is 4.78. The van der Waals surface area contributed by atoms with Crippen LogP contribution in [0.2, 0.25) is 0 Å². The quantitative estimate of drug-likeness (QED) is 0.389. The van der Waals surface area contributed by atoms with E-state index in [0.29, 0.717) is 0 Å². The summed E-state index contributed by atoms with van der Waals surface area (Å²) in [5.74, 6) is -1.16. The van der Waals surface area contributed by atoms with Crippen LogP contribution in [0.15, 0.2) is 34.9 Å². The van der Waals surface area contributed by atoms with Crippen LogP contribution in [0.5, 0.6) is 11.5 Å². The first-order valence-electron chi connectivity index (χ1n) is 10.2. The van der Waals surface area contributed by atoms with Crippen LogP contribution in [0.3, 0.4) is 0 Å². The summed E-state index contributed by atoms with van der Waals surface area (Å²) in [6.07, 6.45) is 1.39. The van der Waals surface area contributed by atoms with Crippen molar-refractivity contribution in [2.75, 3.05) is 52.7 Å². The van der Waals surface area contributed by atoms with E-state index >= 15 is 0 Å². The Morgan fingerprint density at radius 2 is 1.79 bits per heavy atom. The molecule has 2 aromatic rings. The number of piperazine rings is 1. The normalized spacial score (nSPS) is 14.5. The molecule has 0 bridgehead atoms. The highest BCUT2D eigenvalue weighted by Crippen LogP contribution is 2.34. The van der Waals surface area contributed by atoms with Crippen molar-refractivity contribution in [1.29, 1.82) is 0 Å². The minimum atomic E-state index is -3.74. The maximum atomic E-state index is 12.7. The van der Waals surface area contributed by atoms with Crippen LogP contribution >= 0.6 is 0 Å². The number of ether oxygens (including phenoxy) is 2. The van der Waals surface area contributed by atoms with Crippen molar-refractivity contribution < 1.29 is 36.8 Å². The molecule has 34 heavy (non-hydrogen) atoms. The van der Waals surface area contributed by atoms with Gasteiger partial charge in [-0.05, 0) is 12.1 Å². The Morgan fingerprint density at radius 3 is 2.35 bits per heavy atom. The molecule has 184 valence electrons. The minimum absolute atomic E-state index is 0.0815. The van der Waals surface area contributed by atoms with Crippen LogP contribution in [0.25, 0.3) is 0 Å². The lowest BCUT2D eigenvalue weighted by atomic mass is 10.1. The lowest BCUT2D eigenvalue weighted by Gasteiger charge is -2.33. The van der Waals surface area contributed by atoms with Crippen molar-refractivity contribution >= 4 is 27.5 Å². The molecular formula is C20H24N4O9S. The summed E-state index contributed by atoms with van der Waals surface area (Å²) in [5, 5.41) is 13.8. The molecule has 0 radical (unpaired) electrons. The molecule has 0 spiro atoms. The largest absolute Gasteiger partial charge is 0.493 e. The van der Waals surface area contributed by atoms with Crippen molar-refractivity contribution in [3.05, 3.63) is 52.0 Å². The van der Waals surface area contributed by atoms with Gasteiger partial charge in [-0.1, -0.05) is 0 Å². The maximum Gasteiger partial charge on any atom is 0.289 e. The molecule has 1 aliphatic rings. The van der Waals surface area contributed by atoms with Gasteiger partial charge in [0.2, 0.25) is 10.0 Å². The summed E-state index contributed by atoms with van der Waals surface area (Å²) < 4.78 is 41.8. The van der Waals surface area contributed by atoms with Gasteiger partial charge >= 0.3 is 0 Å². The maximum absolute atomic E-state index is 12.7. The van der Waals surface area contributed by atoms with Gasteiger partial charge in [-0.15, -0.1) is 0 Å². The average Bonchev–Trinajstić information content (AvgIpc) is 3.37. The summed E-state index contributed by atoms with van der Waals surface area (Å²) in [7, 11) is -1.11. The van der Waals surface area contributed by atoms with Gasteiger partial charge in [-0.3, -0.25) is 19.7 Å². The van der Waals surface area contributed by atoms with E-state index in [1.807, 2.05) is 0 Å². The molecule has 0 unspecified atom stereocenters. The standard InChI is InChI=1S/C20H24N4O9S/c1-31-17-12-14(15(24(27)28)13-18(17)32-2)19(25)21-5-11-34(29,30)23-8-6-22(7-9-23)20(26)16-4-3-10-33-16/h3-4,10,12-13H,5-9,11H2,1-2H3,(H,21,25). The fourth-order valence-electron chi connectivity index (χ4n) is 3.44. The number of carbonyl (C=O) groups is 2. The van der Waals surface area contributed by atoms with Crippen LogP contribution < -0.4 is 14.8 Å². The molecule has 1 aromatic heterocycles. The molecule has 14 heteroatoms. The van der Waals surface area contributed by atoms with Crippen LogP contribution in [0.1, 0.15) is 20.9 Å². The van der Waals surface area contributed by atoms with Crippen LogP contribution in [0.4, 0.5) is 5.69 Å². The molecule has 1 saturated heterocycles. The number of sulfonamides is 1.